The Hall–Kier alpha value is -1.27. The van der Waals surface area contributed by atoms with Crippen LogP contribution in [0.3, 0.4) is 0 Å². The normalized spacial score (nSPS) is 11.5. The molecule has 84 valence electrons. The third-order valence-corrected chi connectivity index (χ3v) is 3.68. The van der Waals surface area contributed by atoms with Crippen molar-refractivity contribution in [1.29, 1.82) is 0 Å². The quantitative estimate of drug-likeness (QED) is 0.647. The number of rotatable bonds is 4. The van der Waals surface area contributed by atoms with Crippen LogP contribution < -0.4 is 0 Å². The van der Waals surface area contributed by atoms with Crippen molar-refractivity contribution >= 4 is 9.84 Å². The van der Waals surface area contributed by atoms with Gasteiger partial charge in [0.05, 0.1) is 10.6 Å². The Labute approximate surface area is 87.5 Å². The van der Waals surface area contributed by atoms with Gasteiger partial charge in [0.2, 0.25) is 0 Å². The predicted molar refractivity (Wildman–Crippen MR) is 53.5 cm³/mol. The SMILES string of the molecule is O=S(=O)(CCCO)c1ccc(O)c(O)c1. The second-order valence-corrected chi connectivity index (χ2v) is 5.16. The van der Waals surface area contributed by atoms with Gasteiger partial charge in [-0.25, -0.2) is 8.42 Å². The standard InChI is InChI=1S/C9H12O5S/c10-4-1-5-15(13,14)7-2-3-8(11)9(12)6-7/h2-3,6,10-12H,1,4-5H2. The lowest BCUT2D eigenvalue weighted by molar-refractivity contribution is 0.295. The van der Waals surface area contributed by atoms with E-state index in [1.165, 1.54) is 6.07 Å². The molecule has 3 N–H and O–H groups in total. The number of hydrogen-bond donors (Lipinski definition) is 3. The van der Waals surface area contributed by atoms with Crippen molar-refractivity contribution in [3.63, 3.8) is 0 Å². The smallest absolute Gasteiger partial charge is 0.178 e. The lowest BCUT2D eigenvalue weighted by Gasteiger charge is -2.04. The van der Waals surface area contributed by atoms with Crippen LogP contribution in [0, 0.1) is 0 Å². The van der Waals surface area contributed by atoms with Gasteiger partial charge < -0.3 is 15.3 Å². The number of aliphatic hydroxyl groups is 1. The first-order valence-corrected chi connectivity index (χ1v) is 5.98. The number of phenols is 2. The van der Waals surface area contributed by atoms with Crippen LogP contribution in [0.5, 0.6) is 11.5 Å². The van der Waals surface area contributed by atoms with E-state index in [9.17, 15) is 8.42 Å². The number of hydrogen-bond acceptors (Lipinski definition) is 5. The van der Waals surface area contributed by atoms with E-state index in [4.69, 9.17) is 15.3 Å². The molecule has 0 fully saturated rings. The highest BCUT2D eigenvalue weighted by atomic mass is 32.2. The van der Waals surface area contributed by atoms with Gasteiger partial charge in [-0.1, -0.05) is 0 Å². The Kier molecular flexibility index (Phi) is 3.54. The molecular formula is C9H12O5S. The van der Waals surface area contributed by atoms with Crippen molar-refractivity contribution < 1.29 is 23.7 Å². The van der Waals surface area contributed by atoms with E-state index in [0.717, 1.165) is 12.1 Å². The zero-order chi connectivity index (χ0) is 11.5. The summed E-state index contributed by atoms with van der Waals surface area (Å²) in [7, 11) is -3.49. The van der Waals surface area contributed by atoms with Crippen molar-refractivity contribution in [2.75, 3.05) is 12.4 Å². The van der Waals surface area contributed by atoms with Crippen LogP contribution in [0.1, 0.15) is 6.42 Å². The van der Waals surface area contributed by atoms with E-state index in [2.05, 4.69) is 0 Å². The number of aliphatic hydroxyl groups excluding tert-OH is 1. The summed E-state index contributed by atoms with van der Waals surface area (Å²) in [5.74, 6) is -1.02. The van der Waals surface area contributed by atoms with E-state index >= 15 is 0 Å². The number of aromatic hydroxyl groups is 2. The fourth-order valence-corrected chi connectivity index (χ4v) is 2.38. The molecule has 0 saturated heterocycles. The lowest BCUT2D eigenvalue weighted by Crippen LogP contribution is -2.07. The van der Waals surface area contributed by atoms with Crippen molar-refractivity contribution in [3.05, 3.63) is 18.2 Å². The first-order chi connectivity index (χ1) is 6.97. The van der Waals surface area contributed by atoms with Crippen molar-refractivity contribution in [2.45, 2.75) is 11.3 Å². The van der Waals surface area contributed by atoms with Gasteiger partial charge in [-0.2, -0.15) is 0 Å². The molecule has 1 aromatic rings. The average molecular weight is 232 g/mol. The molecule has 0 amide bonds. The molecule has 0 bridgehead atoms. The molecule has 0 saturated carbocycles. The van der Waals surface area contributed by atoms with Crippen molar-refractivity contribution in [1.82, 2.24) is 0 Å². The Bertz CT molecular complexity index is 438. The topological polar surface area (TPSA) is 94.8 Å². The van der Waals surface area contributed by atoms with Crippen molar-refractivity contribution in [3.8, 4) is 11.5 Å². The Balaban J connectivity index is 3.00. The summed E-state index contributed by atoms with van der Waals surface area (Å²) < 4.78 is 23.1. The van der Waals surface area contributed by atoms with Gasteiger partial charge in [0.1, 0.15) is 0 Å². The van der Waals surface area contributed by atoms with Crippen LogP contribution >= 0.6 is 0 Å². The number of phenolic OH excluding ortho intramolecular Hbond substituents is 2. The minimum absolute atomic E-state index is 0.0637. The van der Waals surface area contributed by atoms with Crippen LogP contribution in [0.15, 0.2) is 23.1 Å². The molecule has 0 unspecified atom stereocenters. The molecule has 0 aliphatic heterocycles. The summed E-state index contributed by atoms with van der Waals surface area (Å²) in [6.07, 6.45) is 0.143. The summed E-state index contributed by atoms with van der Waals surface area (Å²) in [4.78, 5) is -0.0637. The van der Waals surface area contributed by atoms with Crippen LogP contribution in [-0.2, 0) is 9.84 Å². The van der Waals surface area contributed by atoms with E-state index in [1.54, 1.807) is 0 Å². The third kappa shape index (κ3) is 2.84. The van der Waals surface area contributed by atoms with Gasteiger partial charge in [-0.15, -0.1) is 0 Å². The average Bonchev–Trinajstić information content (AvgIpc) is 2.19. The summed E-state index contributed by atoms with van der Waals surface area (Å²) >= 11 is 0. The van der Waals surface area contributed by atoms with Gasteiger partial charge in [0.25, 0.3) is 0 Å². The van der Waals surface area contributed by atoms with E-state index in [-0.39, 0.29) is 29.4 Å². The summed E-state index contributed by atoms with van der Waals surface area (Å²) in [5.41, 5.74) is 0. The van der Waals surface area contributed by atoms with E-state index < -0.39 is 15.6 Å². The Morgan fingerprint density at radius 2 is 1.80 bits per heavy atom. The minimum Gasteiger partial charge on any atom is -0.504 e. The first kappa shape index (κ1) is 11.8. The molecule has 0 spiro atoms. The van der Waals surface area contributed by atoms with Crippen LogP contribution in [-0.4, -0.2) is 36.1 Å². The summed E-state index contributed by atoms with van der Waals surface area (Å²) in [6, 6.07) is 3.31. The monoisotopic (exact) mass is 232 g/mol. The highest BCUT2D eigenvalue weighted by Crippen LogP contribution is 2.27. The van der Waals surface area contributed by atoms with Crippen molar-refractivity contribution in [2.24, 2.45) is 0 Å². The summed E-state index contributed by atoms with van der Waals surface area (Å²) in [6.45, 7) is -0.205. The maximum Gasteiger partial charge on any atom is 0.178 e. The van der Waals surface area contributed by atoms with Gasteiger partial charge in [-0.05, 0) is 18.6 Å². The molecule has 15 heavy (non-hydrogen) atoms. The highest BCUT2D eigenvalue weighted by molar-refractivity contribution is 7.91. The van der Waals surface area contributed by atoms with E-state index in [1.807, 2.05) is 0 Å². The lowest BCUT2D eigenvalue weighted by atomic mass is 10.3. The molecule has 0 atom stereocenters. The Morgan fingerprint density at radius 3 is 2.33 bits per heavy atom. The van der Waals surface area contributed by atoms with Crippen LogP contribution in [0.4, 0.5) is 0 Å². The fraction of sp³-hybridized carbons (Fsp3) is 0.333. The zero-order valence-corrected chi connectivity index (χ0v) is 8.74. The molecule has 0 aromatic heterocycles. The maximum absolute atomic E-state index is 11.6. The fourth-order valence-electron chi connectivity index (χ4n) is 1.07. The number of benzene rings is 1. The zero-order valence-electron chi connectivity index (χ0n) is 7.92. The molecule has 6 heteroatoms. The predicted octanol–water partition coefficient (Wildman–Crippen LogP) is 0.254. The number of sulfone groups is 1. The van der Waals surface area contributed by atoms with Gasteiger partial charge in [0.15, 0.2) is 21.3 Å². The molecule has 5 nitrogen and oxygen atoms in total. The first-order valence-electron chi connectivity index (χ1n) is 4.33. The second-order valence-electron chi connectivity index (χ2n) is 3.05. The molecule has 0 heterocycles. The van der Waals surface area contributed by atoms with Gasteiger partial charge in [-0.3, -0.25) is 0 Å². The largest absolute Gasteiger partial charge is 0.504 e. The highest BCUT2D eigenvalue weighted by Gasteiger charge is 2.15. The van der Waals surface area contributed by atoms with Crippen LogP contribution in [0.25, 0.3) is 0 Å². The molecular weight excluding hydrogens is 220 g/mol. The molecule has 1 aromatic carbocycles. The Morgan fingerprint density at radius 1 is 1.13 bits per heavy atom. The molecule has 0 aliphatic carbocycles. The molecule has 0 radical (unpaired) electrons. The minimum atomic E-state index is -3.49. The van der Waals surface area contributed by atoms with Gasteiger partial charge in [0, 0.05) is 12.7 Å². The van der Waals surface area contributed by atoms with Crippen LogP contribution in [0.2, 0.25) is 0 Å². The van der Waals surface area contributed by atoms with Gasteiger partial charge >= 0.3 is 0 Å². The summed E-state index contributed by atoms with van der Waals surface area (Å²) in [5, 5.41) is 26.6. The maximum atomic E-state index is 11.6. The second kappa shape index (κ2) is 4.50. The molecule has 0 aliphatic rings. The molecule has 1 rings (SSSR count). The third-order valence-electron chi connectivity index (χ3n) is 1.88. The van der Waals surface area contributed by atoms with E-state index in [0.29, 0.717) is 0 Å².